The molecule has 0 aromatic rings. The van der Waals surface area contributed by atoms with Gasteiger partial charge in [0.05, 0.1) is 0 Å². The molecule has 15 heavy (non-hydrogen) atoms. The van der Waals surface area contributed by atoms with Gasteiger partial charge < -0.3 is 37.9 Å². The van der Waals surface area contributed by atoms with Crippen LogP contribution in [-0.4, -0.2) is 35.4 Å². The molecular formula is C6H16N4O5. The first-order valence-electron chi connectivity index (χ1n) is 3.11. The van der Waals surface area contributed by atoms with Crippen molar-refractivity contribution in [2.45, 2.75) is 6.29 Å². The molecule has 0 aliphatic heterocycles. The standard InChI is InChI=1S/C3H6O2.2CH4N2O.CH2O/c1-2-3(4)5;2*2-1(3)4;1-2/h2-5H,1H2;2*(H4,2,3,4);1H2. The van der Waals surface area contributed by atoms with Crippen LogP contribution in [-0.2, 0) is 4.79 Å². The van der Waals surface area contributed by atoms with Crippen molar-refractivity contribution < 1.29 is 24.6 Å². The molecule has 0 unspecified atom stereocenters. The topological polar surface area (TPSA) is 196 Å². The van der Waals surface area contributed by atoms with E-state index in [1.807, 2.05) is 6.79 Å². The second kappa shape index (κ2) is 22.6. The second-order valence-corrected chi connectivity index (χ2v) is 1.45. The van der Waals surface area contributed by atoms with Crippen LogP contribution in [0.1, 0.15) is 0 Å². The monoisotopic (exact) mass is 224 g/mol. The van der Waals surface area contributed by atoms with E-state index >= 15 is 0 Å². The Bertz CT molecular complexity index is 153. The second-order valence-electron chi connectivity index (χ2n) is 1.45. The number of amides is 4. The maximum Gasteiger partial charge on any atom is 0.309 e. The number of carbonyl (C=O) groups is 3. The highest BCUT2D eigenvalue weighted by Crippen LogP contribution is 1.67. The van der Waals surface area contributed by atoms with Crippen molar-refractivity contribution in [1.29, 1.82) is 0 Å². The molecular weight excluding hydrogens is 208 g/mol. The van der Waals surface area contributed by atoms with Crippen LogP contribution in [0.5, 0.6) is 0 Å². The van der Waals surface area contributed by atoms with Gasteiger partial charge in [-0.1, -0.05) is 6.58 Å². The van der Waals surface area contributed by atoms with Crippen LogP contribution in [0.3, 0.4) is 0 Å². The summed E-state index contributed by atoms with van der Waals surface area (Å²) < 4.78 is 0. The quantitative estimate of drug-likeness (QED) is 0.208. The lowest BCUT2D eigenvalue weighted by molar-refractivity contribution is -0.0980. The van der Waals surface area contributed by atoms with Crippen molar-refractivity contribution in [2.24, 2.45) is 22.9 Å². The van der Waals surface area contributed by atoms with Crippen molar-refractivity contribution >= 4 is 18.9 Å². The van der Waals surface area contributed by atoms with Gasteiger partial charge in [-0.25, -0.2) is 9.59 Å². The minimum Gasteiger partial charge on any atom is -0.365 e. The molecule has 0 aromatic heterocycles. The van der Waals surface area contributed by atoms with Crippen molar-refractivity contribution in [3.8, 4) is 0 Å². The van der Waals surface area contributed by atoms with Crippen molar-refractivity contribution in [2.75, 3.05) is 0 Å². The Morgan fingerprint density at radius 2 is 1.07 bits per heavy atom. The molecule has 0 saturated carbocycles. The number of nitrogens with two attached hydrogens (primary N) is 4. The third-order valence-corrected chi connectivity index (χ3v) is 0.211. The Balaban J connectivity index is -0.0000000562. The van der Waals surface area contributed by atoms with E-state index in [9.17, 15) is 0 Å². The third-order valence-electron chi connectivity index (χ3n) is 0.211. The zero-order valence-electron chi connectivity index (χ0n) is 8.00. The third kappa shape index (κ3) is 68400. The van der Waals surface area contributed by atoms with Crippen LogP contribution in [0.4, 0.5) is 9.59 Å². The fourth-order valence-corrected chi connectivity index (χ4v) is 0. The molecule has 4 amide bonds. The Hall–Kier alpha value is -2.13. The molecule has 0 rings (SSSR count). The van der Waals surface area contributed by atoms with E-state index < -0.39 is 18.4 Å². The van der Waals surface area contributed by atoms with E-state index in [0.29, 0.717) is 0 Å². The molecule has 0 fully saturated rings. The van der Waals surface area contributed by atoms with Crippen molar-refractivity contribution in [1.82, 2.24) is 0 Å². The Morgan fingerprint density at radius 1 is 1.00 bits per heavy atom. The number of aliphatic hydroxyl groups excluding tert-OH is 1. The summed E-state index contributed by atoms with van der Waals surface area (Å²) in [5, 5.41) is 15.6. The van der Waals surface area contributed by atoms with Crippen LogP contribution < -0.4 is 22.9 Å². The van der Waals surface area contributed by atoms with Crippen LogP contribution in [0.25, 0.3) is 0 Å². The van der Waals surface area contributed by atoms with E-state index in [1.54, 1.807) is 0 Å². The summed E-state index contributed by atoms with van der Waals surface area (Å²) in [6, 6.07) is -1.67. The van der Waals surface area contributed by atoms with Gasteiger partial charge in [0.15, 0.2) is 6.29 Å². The smallest absolute Gasteiger partial charge is 0.309 e. The molecule has 90 valence electrons. The molecule has 9 heteroatoms. The van der Waals surface area contributed by atoms with Gasteiger partial charge in [-0.15, -0.1) is 0 Å². The number of urea groups is 2. The van der Waals surface area contributed by atoms with Gasteiger partial charge in [0.25, 0.3) is 0 Å². The predicted octanol–water partition coefficient (Wildman–Crippen LogP) is -2.65. The lowest BCUT2D eigenvalue weighted by Gasteiger charge is -1.84. The highest BCUT2D eigenvalue weighted by molar-refractivity contribution is 5.69. The van der Waals surface area contributed by atoms with Crippen LogP contribution in [0.15, 0.2) is 12.7 Å². The first-order valence-corrected chi connectivity index (χ1v) is 3.11. The molecule has 0 radical (unpaired) electrons. The van der Waals surface area contributed by atoms with Gasteiger partial charge in [0.1, 0.15) is 6.79 Å². The summed E-state index contributed by atoms with van der Waals surface area (Å²) in [5.41, 5.74) is 17.0. The largest absolute Gasteiger partial charge is 0.365 e. The van der Waals surface area contributed by atoms with E-state index in [-0.39, 0.29) is 0 Å². The fourth-order valence-electron chi connectivity index (χ4n) is 0. The van der Waals surface area contributed by atoms with Crippen LogP contribution >= 0.6 is 0 Å². The summed E-state index contributed by atoms with van der Waals surface area (Å²) in [6.07, 6.45) is -0.324. The molecule has 0 aromatic carbocycles. The lowest BCUT2D eigenvalue weighted by atomic mass is 10.6. The Labute approximate surface area is 86.3 Å². The average molecular weight is 224 g/mol. The molecule has 0 bridgehead atoms. The number of hydrogen-bond donors (Lipinski definition) is 6. The highest BCUT2D eigenvalue weighted by Gasteiger charge is 1.76. The van der Waals surface area contributed by atoms with Gasteiger partial charge in [-0.3, -0.25) is 0 Å². The van der Waals surface area contributed by atoms with Crippen molar-refractivity contribution in [3.63, 3.8) is 0 Å². The summed E-state index contributed by atoms with van der Waals surface area (Å²) in [5.74, 6) is 0. The molecule has 0 heterocycles. The molecule has 0 atom stereocenters. The predicted molar refractivity (Wildman–Crippen MR) is 53.1 cm³/mol. The molecule has 0 aliphatic carbocycles. The Morgan fingerprint density at radius 3 is 1.07 bits per heavy atom. The van der Waals surface area contributed by atoms with E-state index in [0.717, 1.165) is 6.08 Å². The minimum absolute atomic E-state index is 0.833. The maximum atomic E-state index is 9.00. The van der Waals surface area contributed by atoms with Gasteiger partial charge in [0, 0.05) is 0 Å². The van der Waals surface area contributed by atoms with E-state index in [2.05, 4.69) is 29.5 Å². The Kier molecular flexibility index (Phi) is 34.8. The molecule has 9 nitrogen and oxygen atoms in total. The van der Waals surface area contributed by atoms with Gasteiger partial charge in [-0.05, 0) is 6.08 Å². The lowest BCUT2D eigenvalue weighted by Crippen LogP contribution is -2.18. The molecule has 0 saturated heterocycles. The van der Waals surface area contributed by atoms with Gasteiger partial charge >= 0.3 is 12.1 Å². The number of aliphatic hydroxyl groups is 2. The van der Waals surface area contributed by atoms with Gasteiger partial charge in [0.2, 0.25) is 0 Å². The normalized spacial score (nSPS) is 6.33. The maximum absolute atomic E-state index is 9.00. The minimum atomic E-state index is -1.35. The highest BCUT2D eigenvalue weighted by atomic mass is 16.5. The van der Waals surface area contributed by atoms with E-state index in [1.165, 1.54) is 0 Å². The van der Waals surface area contributed by atoms with Gasteiger partial charge in [-0.2, -0.15) is 0 Å². The number of hydrogen-bond acceptors (Lipinski definition) is 5. The molecule has 0 aliphatic rings. The van der Waals surface area contributed by atoms with Crippen LogP contribution in [0.2, 0.25) is 0 Å². The average Bonchev–Trinajstić information content (AvgIpc) is 2.06. The number of rotatable bonds is 1. The SMILES string of the molecule is C=CC(O)O.C=O.NC(N)=O.NC(N)=O. The first-order chi connectivity index (χ1) is 6.73. The fraction of sp³-hybridized carbons (Fsp3) is 0.167. The zero-order chi connectivity index (χ0) is 13.4. The summed E-state index contributed by atoms with van der Waals surface area (Å²) in [6.45, 7) is 5.06. The first kappa shape index (κ1) is 23.0. The van der Waals surface area contributed by atoms with E-state index in [4.69, 9.17) is 24.6 Å². The number of carbonyl (C=O) groups excluding carboxylic acids is 3. The molecule has 10 N–H and O–H groups in total. The summed E-state index contributed by atoms with van der Waals surface area (Å²) in [7, 11) is 0. The van der Waals surface area contributed by atoms with Crippen molar-refractivity contribution in [3.05, 3.63) is 12.7 Å². The summed E-state index contributed by atoms with van der Waals surface area (Å²) in [4.78, 5) is 26.0. The zero-order valence-corrected chi connectivity index (χ0v) is 8.00. The van der Waals surface area contributed by atoms with Crippen LogP contribution in [0, 0.1) is 0 Å². The summed E-state index contributed by atoms with van der Waals surface area (Å²) >= 11 is 0. The molecule has 0 spiro atoms. The number of primary amides is 4.